The molecule has 4 nitrogen and oxygen atoms in total. The molecular formula is C23H35N3O. The maximum absolute atomic E-state index is 12.6. The number of benzene rings is 1. The molecule has 1 aromatic heterocycles. The monoisotopic (exact) mass is 369 g/mol. The van der Waals surface area contributed by atoms with Crippen molar-refractivity contribution in [3.8, 4) is 0 Å². The van der Waals surface area contributed by atoms with E-state index in [0.717, 1.165) is 24.2 Å². The van der Waals surface area contributed by atoms with Gasteiger partial charge in [0.15, 0.2) is 0 Å². The fourth-order valence-corrected chi connectivity index (χ4v) is 3.57. The van der Waals surface area contributed by atoms with Gasteiger partial charge in [0.1, 0.15) is 0 Å². The molecule has 0 radical (unpaired) electrons. The first-order chi connectivity index (χ1) is 12.8. The van der Waals surface area contributed by atoms with Crippen molar-refractivity contribution in [2.75, 3.05) is 0 Å². The van der Waals surface area contributed by atoms with E-state index in [1.165, 1.54) is 29.5 Å². The molecule has 0 aliphatic carbocycles. The molecule has 0 fully saturated rings. The summed E-state index contributed by atoms with van der Waals surface area (Å²) in [5.74, 6) is 0.448. The summed E-state index contributed by atoms with van der Waals surface area (Å²) in [4.78, 5) is 12.6. The summed E-state index contributed by atoms with van der Waals surface area (Å²) < 4.78 is 1.89. The van der Waals surface area contributed by atoms with Crippen LogP contribution in [0.2, 0.25) is 0 Å². The Morgan fingerprint density at radius 2 is 1.81 bits per heavy atom. The first-order valence-corrected chi connectivity index (χ1v) is 10.2. The van der Waals surface area contributed by atoms with Crippen molar-refractivity contribution in [1.82, 2.24) is 15.1 Å². The zero-order valence-corrected chi connectivity index (χ0v) is 17.8. The number of carbonyl (C=O) groups is 1. The Morgan fingerprint density at radius 3 is 2.33 bits per heavy atom. The van der Waals surface area contributed by atoms with Crippen molar-refractivity contribution < 1.29 is 4.79 Å². The number of aromatic nitrogens is 2. The number of rotatable bonds is 9. The van der Waals surface area contributed by atoms with E-state index < -0.39 is 0 Å². The van der Waals surface area contributed by atoms with Gasteiger partial charge in [-0.1, -0.05) is 51.5 Å². The van der Waals surface area contributed by atoms with Gasteiger partial charge in [0.2, 0.25) is 5.91 Å². The molecule has 0 aliphatic rings. The Kier molecular flexibility index (Phi) is 7.64. The summed E-state index contributed by atoms with van der Waals surface area (Å²) in [6, 6.07) is 8.80. The zero-order chi connectivity index (χ0) is 20.0. The molecule has 1 atom stereocenters. The van der Waals surface area contributed by atoms with Gasteiger partial charge in [0, 0.05) is 19.2 Å². The van der Waals surface area contributed by atoms with Crippen molar-refractivity contribution in [2.45, 2.75) is 72.8 Å². The van der Waals surface area contributed by atoms with Crippen LogP contribution in [0.3, 0.4) is 0 Å². The average molecular weight is 370 g/mol. The van der Waals surface area contributed by atoms with Crippen LogP contribution >= 0.6 is 0 Å². The first kappa shape index (κ1) is 21.2. The van der Waals surface area contributed by atoms with E-state index in [4.69, 9.17) is 0 Å². The standard InChI is InChI=1S/C23H35N3O/c1-7-8-9-19-10-12-20(13-11-19)23(16(2)3)24-22(27)15-14-21-17(4)25-26(6)18(21)5/h10-13,16,23H,7-9,14-15H2,1-6H3,(H,24,27). The normalized spacial score (nSPS) is 12.4. The Balaban J connectivity index is 1.99. The lowest BCUT2D eigenvalue weighted by Crippen LogP contribution is -2.32. The quantitative estimate of drug-likeness (QED) is 0.688. The lowest BCUT2D eigenvalue weighted by atomic mass is 9.94. The largest absolute Gasteiger partial charge is 0.349 e. The molecular weight excluding hydrogens is 334 g/mol. The summed E-state index contributed by atoms with van der Waals surface area (Å²) in [6.45, 7) is 10.6. The molecule has 2 aromatic rings. The smallest absolute Gasteiger partial charge is 0.220 e. The molecule has 2 rings (SSSR count). The molecule has 148 valence electrons. The zero-order valence-electron chi connectivity index (χ0n) is 17.8. The summed E-state index contributed by atoms with van der Waals surface area (Å²) >= 11 is 0. The van der Waals surface area contributed by atoms with Gasteiger partial charge in [-0.25, -0.2) is 0 Å². The second kappa shape index (κ2) is 9.72. The summed E-state index contributed by atoms with van der Waals surface area (Å²) in [5, 5.41) is 7.68. The molecule has 4 heteroatoms. The second-order valence-electron chi connectivity index (χ2n) is 7.91. The van der Waals surface area contributed by atoms with E-state index in [1.54, 1.807) is 0 Å². The van der Waals surface area contributed by atoms with Gasteiger partial charge in [-0.15, -0.1) is 0 Å². The predicted molar refractivity (Wildman–Crippen MR) is 112 cm³/mol. The van der Waals surface area contributed by atoms with Gasteiger partial charge in [-0.3, -0.25) is 9.48 Å². The third kappa shape index (κ3) is 5.69. The fraction of sp³-hybridized carbons (Fsp3) is 0.565. The van der Waals surface area contributed by atoms with Crippen molar-refractivity contribution >= 4 is 5.91 Å². The molecule has 1 N–H and O–H groups in total. The first-order valence-electron chi connectivity index (χ1n) is 10.2. The third-order valence-corrected chi connectivity index (χ3v) is 5.40. The highest BCUT2D eigenvalue weighted by atomic mass is 16.1. The third-order valence-electron chi connectivity index (χ3n) is 5.40. The van der Waals surface area contributed by atoms with Crippen molar-refractivity contribution in [1.29, 1.82) is 0 Å². The topological polar surface area (TPSA) is 46.9 Å². The summed E-state index contributed by atoms with van der Waals surface area (Å²) in [5.41, 5.74) is 5.91. The number of carbonyl (C=O) groups excluding carboxylic acids is 1. The molecule has 0 spiro atoms. The van der Waals surface area contributed by atoms with Crippen LogP contribution in [0.5, 0.6) is 0 Å². The van der Waals surface area contributed by atoms with Crippen LogP contribution < -0.4 is 5.32 Å². The van der Waals surface area contributed by atoms with Crippen molar-refractivity contribution in [3.05, 3.63) is 52.3 Å². The number of nitrogens with zero attached hydrogens (tertiary/aromatic N) is 2. The Hall–Kier alpha value is -2.10. The van der Waals surface area contributed by atoms with E-state index in [0.29, 0.717) is 12.3 Å². The van der Waals surface area contributed by atoms with Crippen LogP contribution in [-0.2, 0) is 24.7 Å². The van der Waals surface area contributed by atoms with E-state index in [2.05, 4.69) is 62.4 Å². The number of aryl methyl sites for hydroxylation is 3. The minimum absolute atomic E-state index is 0.0498. The van der Waals surface area contributed by atoms with E-state index in [1.807, 2.05) is 18.7 Å². The highest BCUT2D eigenvalue weighted by Gasteiger charge is 2.19. The minimum atomic E-state index is 0.0498. The minimum Gasteiger partial charge on any atom is -0.349 e. The molecule has 1 aromatic carbocycles. The van der Waals surface area contributed by atoms with Crippen LogP contribution in [-0.4, -0.2) is 15.7 Å². The second-order valence-corrected chi connectivity index (χ2v) is 7.91. The highest BCUT2D eigenvalue weighted by molar-refractivity contribution is 5.76. The number of hydrogen-bond donors (Lipinski definition) is 1. The molecule has 0 saturated carbocycles. The van der Waals surface area contributed by atoms with Gasteiger partial charge in [0.25, 0.3) is 0 Å². The van der Waals surface area contributed by atoms with Crippen LogP contribution in [0.25, 0.3) is 0 Å². The maximum atomic E-state index is 12.6. The SMILES string of the molecule is CCCCc1ccc(C(NC(=O)CCc2c(C)nn(C)c2C)C(C)C)cc1. The average Bonchev–Trinajstić information content (AvgIpc) is 2.88. The lowest BCUT2D eigenvalue weighted by Gasteiger charge is -2.23. The fourth-order valence-electron chi connectivity index (χ4n) is 3.57. The Labute approximate surface area is 164 Å². The van der Waals surface area contributed by atoms with Crippen molar-refractivity contribution in [3.63, 3.8) is 0 Å². The molecule has 0 bridgehead atoms. The number of nitrogens with one attached hydrogen (secondary N) is 1. The van der Waals surface area contributed by atoms with Gasteiger partial charge in [0.05, 0.1) is 11.7 Å². The van der Waals surface area contributed by atoms with Crippen molar-refractivity contribution in [2.24, 2.45) is 13.0 Å². The molecule has 0 aliphatic heterocycles. The number of hydrogen-bond acceptors (Lipinski definition) is 2. The highest BCUT2D eigenvalue weighted by Crippen LogP contribution is 2.23. The van der Waals surface area contributed by atoms with Gasteiger partial charge in [-0.2, -0.15) is 5.10 Å². The van der Waals surface area contributed by atoms with Gasteiger partial charge >= 0.3 is 0 Å². The van der Waals surface area contributed by atoms with Gasteiger partial charge in [-0.05, 0) is 55.7 Å². The molecule has 0 saturated heterocycles. The van der Waals surface area contributed by atoms with E-state index in [-0.39, 0.29) is 11.9 Å². The number of unbranched alkanes of at least 4 members (excludes halogenated alkanes) is 1. The summed E-state index contributed by atoms with van der Waals surface area (Å²) in [7, 11) is 1.95. The van der Waals surface area contributed by atoms with Crippen LogP contribution in [0.15, 0.2) is 24.3 Å². The van der Waals surface area contributed by atoms with E-state index in [9.17, 15) is 4.79 Å². The van der Waals surface area contributed by atoms with E-state index >= 15 is 0 Å². The van der Waals surface area contributed by atoms with Crippen LogP contribution in [0, 0.1) is 19.8 Å². The lowest BCUT2D eigenvalue weighted by molar-refractivity contribution is -0.122. The molecule has 1 heterocycles. The maximum Gasteiger partial charge on any atom is 0.220 e. The van der Waals surface area contributed by atoms with Crippen LogP contribution in [0.4, 0.5) is 0 Å². The Bertz CT molecular complexity index is 744. The predicted octanol–water partition coefficient (Wildman–Crippen LogP) is 4.83. The summed E-state index contributed by atoms with van der Waals surface area (Å²) in [6.07, 6.45) is 4.78. The molecule has 1 unspecified atom stereocenters. The van der Waals surface area contributed by atoms with Gasteiger partial charge < -0.3 is 5.32 Å². The van der Waals surface area contributed by atoms with Crippen LogP contribution in [0.1, 0.15) is 74.2 Å². The molecule has 27 heavy (non-hydrogen) atoms. The number of amides is 1. The molecule has 1 amide bonds. The Morgan fingerprint density at radius 1 is 1.15 bits per heavy atom.